The second kappa shape index (κ2) is 6.34. The molecule has 23 heavy (non-hydrogen) atoms. The minimum absolute atomic E-state index is 0.166. The number of rotatable bonds is 6. The number of furan rings is 1. The van der Waals surface area contributed by atoms with Crippen LogP contribution in [0.3, 0.4) is 0 Å². The van der Waals surface area contributed by atoms with Gasteiger partial charge in [-0.1, -0.05) is 13.0 Å². The molecule has 3 rings (SSSR count). The molecule has 0 spiro atoms. The smallest absolute Gasteiger partial charge is 0.244 e. The first kappa shape index (κ1) is 16.0. The van der Waals surface area contributed by atoms with Crippen LogP contribution in [0.2, 0.25) is 0 Å². The monoisotopic (exact) mass is 331 g/mol. The maximum Gasteiger partial charge on any atom is 0.244 e. The summed E-state index contributed by atoms with van der Waals surface area (Å²) < 4.78 is 5.72. The Kier molecular flexibility index (Phi) is 4.41. The molecule has 3 atom stereocenters. The maximum atomic E-state index is 11.9. The van der Waals surface area contributed by atoms with Gasteiger partial charge in [-0.15, -0.1) is 11.3 Å². The van der Waals surface area contributed by atoms with Gasteiger partial charge in [0.05, 0.1) is 6.54 Å². The zero-order chi connectivity index (χ0) is 16.4. The van der Waals surface area contributed by atoms with Crippen molar-refractivity contribution in [3.63, 3.8) is 0 Å². The van der Waals surface area contributed by atoms with E-state index in [2.05, 4.69) is 12.2 Å². The molecule has 0 saturated heterocycles. The molecule has 1 fully saturated rings. The summed E-state index contributed by atoms with van der Waals surface area (Å²) in [5, 5.41) is 15.0. The second-order valence-corrected chi connectivity index (χ2v) is 7.31. The third-order valence-electron chi connectivity index (χ3n) is 4.18. The summed E-state index contributed by atoms with van der Waals surface area (Å²) in [6.45, 7) is 4.06. The van der Waals surface area contributed by atoms with Crippen LogP contribution in [-0.2, 0) is 10.4 Å². The van der Waals surface area contributed by atoms with Crippen LogP contribution >= 0.6 is 11.3 Å². The number of carbonyl (C=O) groups is 1. The molecular formula is C18H21NO3S. The summed E-state index contributed by atoms with van der Waals surface area (Å²) in [6, 6.07) is 7.60. The van der Waals surface area contributed by atoms with Crippen LogP contribution < -0.4 is 5.32 Å². The topological polar surface area (TPSA) is 62.5 Å². The van der Waals surface area contributed by atoms with Crippen molar-refractivity contribution in [2.24, 2.45) is 5.92 Å². The van der Waals surface area contributed by atoms with E-state index in [1.807, 2.05) is 29.6 Å². The van der Waals surface area contributed by atoms with E-state index in [9.17, 15) is 9.90 Å². The lowest BCUT2D eigenvalue weighted by atomic mass is 10.1. The molecule has 2 N–H and O–H groups in total. The molecule has 1 aliphatic carbocycles. The van der Waals surface area contributed by atoms with Crippen molar-refractivity contribution < 1.29 is 14.3 Å². The fourth-order valence-electron chi connectivity index (χ4n) is 2.52. The number of hydrogen-bond donors (Lipinski definition) is 2. The summed E-state index contributed by atoms with van der Waals surface area (Å²) in [6.07, 6.45) is 4.27. The minimum atomic E-state index is -1.06. The maximum absolute atomic E-state index is 11.9. The average molecular weight is 331 g/mol. The molecule has 4 nitrogen and oxygen atoms in total. The van der Waals surface area contributed by atoms with Gasteiger partial charge in [0.2, 0.25) is 5.91 Å². The van der Waals surface area contributed by atoms with Crippen molar-refractivity contribution >= 4 is 23.3 Å². The van der Waals surface area contributed by atoms with E-state index in [0.29, 0.717) is 17.6 Å². The lowest BCUT2D eigenvalue weighted by Gasteiger charge is -2.21. The third-order valence-corrected chi connectivity index (χ3v) is 5.30. The predicted molar refractivity (Wildman–Crippen MR) is 91.2 cm³/mol. The summed E-state index contributed by atoms with van der Waals surface area (Å²) in [5.41, 5.74) is -1.06. The van der Waals surface area contributed by atoms with Crippen molar-refractivity contribution in [3.05, 3.63) is 52.1 Å². The largest absolute Gasteiger partial charge is 0.461 e. The molecule has 3 unspecified atom stereocenters. The van der Waals surface area contributed by atoms with Gasteiger partial charge in [0.1, 0.15) is 17.1 Å². The summed E-state index contributed by atoms with van der Waals surface area (Å²) >= 11 is 1.47. The fraction of sp³-hybridized carbons (Fsp3) is 0.389. The summed E-state index contributed by atoms with van der Waals surface area (Å²) in [4.78, 5) is 12.7. The molecule has 1 aliphatic rings. The van der Waals surface area contributed by atoms with E-state index >= 15 is 0 Å². The molecule has 0 aliphatic heterocycles. The molecule has 2 heterocycles. The van der Waals surface area contributed by atoms with Crippen LogP contribution in [0.25, 0.3) is 6.08 Å². The summed E-state index contributed by atoms with van der Waals surface area (Å²) in [7, 11) is 0. The lowest BCUT2D eigenvalue weighted by Crippen LogP contribution is -2.37. The van der Waals surface area contributed by atoms with E-state index < -0.39 is 5.60 Å². The number of hydrogen-bond acceptors (Lipinski definition) is 4. The van der Waals surface area contributed by atoms with E-state index in [1.54, 1.807) is 13.0 Å². The Labute approximate surface area is 139 Å². The van der Waals surface area contributed by atoms with Gasteiger partial charge >= 0.3 is 0 Å². The van der Waals surface area contributed by atoms with Crippen molar-refractivity contribution in [3.8, 4) is 0 Å². The van der Waals surface area contributed by atoms with Crippen LogP contribution in [0.15, 0.2) is 40.1 Å². The molecule has 5 heteroatoms. The van der Waals surface area contributed by atoms with E-state index in [1.165, 1.54) is 23.8 Å². The summed E-state index contributed by atoms with van der Waals surface area (Å²) in [5.74, 6) is 2.66. The van der Waals surface area contributed by atoms with Crippen molar-refractivity contribution in [1.29, 1.82) is 0 Å². The Hall–Kier alpha value is -1.85. The molecule has 1 amide bonds. The molecule has 2 aromatic heterocycles. The molecule has 0 bridgehead atoms. The zero-order valence-electron chi connectivity index (χ0n) is 13.3. The van der Waals surface area contributed by atoms with Gasteiger partial charge in [-0.3, -0.25) is 4.79 Å². The van der Waals surface area contributed by atoms with Crippen LogP contribution in [-0.4, -0.2) is 17.6 Å². The van der Waals surface area contributed by atoms with Gasteiger partial charge < -0.3 is 14.8 Å². The highest BCUT2D eigenvalue weighted by molar-refractivity contribution is 7.10. The van der Waals surface area contributed by atoms with Crippen molar-refractivity contribution in [2.45, 2.75) is 31.8 Å². The molecule has 0 aromatic carbocycles. The lowest BCUT2D eigenvalue weighted by molar-refractivity contribution is -0.117. The number of amides is 1. The standard InChI is InChI=1S/C18H21NO3S/c1-12-10-14(12)15-7-5-13(22-15)6-8-17(20)19-11-18(2,21)16-4-3-9-23-16/h3-9,12,14,21H,10-11H2,1-2H3,(H,19,20). The highest BCUT2D eigenvalue weighted by Crippen LogP contribution is 2.47. The zero-order valence-corrected chi connectivity index (χ0v) is 14.1. The highest BCUT2D eigenvalue weighted by Gasteiger charge is 2.36. The molecule has 2 aromatic rings. The third kappa shape index (κ3) is 3.92. The highest BCUT2D eigenvalue weighted by atomic mass is 32.1. The SMILES string of the molecule is CC1CC1c1ccc(C=CC(=O)NCC(C)(O)c2cccs2)o1. The Morgan fingerprint density at radius 1 is 1.52 bits per heavy atom. The first-order chi connectivity index (χ1) is 11.0. The van der Waals surface area contributed by atoms with E-state index in [0.717, 1.165) is 10.6 Å². The van der Waals surface area contributed by atoms with Gasteiger partial charge in [0, 0.05) is 16.9 Å². The quantitative estimate of drug-likeness (QED) is 0.796. The fourth-order valence-corrected chi connectivity index (χ4v) is 3.31. The minimum Gasteiger partial charge on any atom is -0.461 e. The molecule has 1 saturated carbocycles. The number of carbonyl (C=O) groups excluding carboxylic acids is 1. The van der Waals surface area contributed by atoms with E-state index in [4.69, 9.17) is 4.42 Å². The normalized spacial score (nSPS) is 22.9. The molecule has 122 valence electrons. The van der Waals surface area contributed by atoms with Crippen LogP contribution in [0.1, 0.15) is 42.6 Å². The predicted octanol–water partition coefficient (Wildman–Crippen LogP) is 3.50. The van der Waals surface area contributed by atoms with Gasteiger partial charge in [-0.25, -0.2) is 0 Å². The Bertz CT molecular complexity index is 700. The van der Waals surface area contributed by atoms with Crippen LogP contribution in [0.4, 0.5) is 0 Å². The first-order valence-corrected chi connectivity index (χ1v) is 8.66. The Balaban J connectivity index is 1.52. The van der Waals surface area contributed by atoms with Crippen LogP contribution in [0, 0.1) is 5.92 Å². The van der Waals surface area contributed by atoms with Crippen LogP contribution in [0.5, 0.6) is 0 Å². The first-order valence-electron chi connectivity index (χ1n) is 7.78. The van der Waals surface area contributed by atoms with Crippen molar-refractivity contribution in [2.75, 3.05) is 6.54 Å². The molecule has 0 radical (unpaired) electrons. The van der Waals surface area contributed by atoms with Gasteiger partial charge in [-0.05, 0) is 48.9 Å². The Morgan fingerprint density at radius 3 is 2.96 bits per heavy atom. The van der Waals surface area contributed by atoms with Crippen molar-refractivity contribution in [1.82, 2.24) is 5.32 Å². The average Bonchev–Trinajstić information content (AvgIpc) is 2.99. The number of nitrogens with one attached hydrogen (secondary N) is 1. The Morgan fingerprint density at radius 2 is 2.30 bits per heavy atom. The van der Waals surface area contributed by atoms with E-state index in [-0.39, 0.29) is 12.5 Å². The molecular weight excluding hydrogens is 310 g/mol. The van der Waals surface area contributed by atoms with Gasteiger partial charge in [0.15, 0.2) is 0 Å². The second-order valence-electron chi connectivity index (χ2n) is 6.36. The number of thiophene rings is 1. The van der Waals surface area contributed by atoms with Gasteiger partial charge in [0.25, 0.3) is 0 Å². The van der Waals surface area contributed by atoms with Gasteiger partial charge in [-0.2, -0.15) is 0 Å². The number of aliphatic hydroxyl groups is 1.